The fourth-order valence-electron chi connectivity index (χ4n) is 1.34. The number of nitrogens with two attached hydrogens (primary N) is 1. The second-order valence-electron chi connectivity index (χ2n) is 3.64. The van der Waals surface area contributed by atoms with Crippen LogP contribution in [0, 0.1) is 10.1 Å². The van der Waals surface area contributed by atoms with E-state index in [2.05, 4.69) is 0 Å². The van der Waals surface area contributed by atoms with Crippen LogP contribution < -0.4 is 10.6 Å². The van der Waals surface area contributed by atoms with Gasteiger partial charge in [0, 0.05) is 25.2 Å². The lowest BCUT2D eigenvalue weighted by Gasteiger charge is -2.26. The Hall–Kier alpha value is -1.82. The summed E-state index contributed by atoms with van der Waals surface area (Å²) in [5.74, 6) is 0. The number of nitrogens with zero attached hydrogens (tertiary/aromatic N) is 2. The van der Waals surface area contributed by atoms with E-state index in [-0.39, 0.29) is 18.3 Å². The van der Waals surface area contributed by atoms with Crippen molar-refractivity contribution in [1.82, 2.24) is 0 Å². The summed E-state index contributed by atoms with van der Waals surface area (Å²) in [5, 5.41) is 19.5. The minimum Gasteiger partial charge on any atom is -0.397 e. The molecule has 1 aromatic rings. The lowest BCUT2D eigenvalue weighted by Crippen LogP contribution is -2.32. The SMILES string of the molecule is CC(CO)N(C)c1ccc([N+](=O)[O-])cc1N. The topological polar surface area (TPSA) is 92.6 Å². The molecule has 0 fully saturated rings. The van der Waals surface area contributed by atoms with Crippen molar-refractivity contribution in [1.29, 1.82) is 0 Å². The summed E-state index contributed by atoms with van der Waals surface area (Å²) in [4.78, 5) is 11.8. The van der Waals surface area contributed by atoms with Gasteiger partial charge in [-0.3, -0.25) is 10.1 Å². The first-order valence-corrected chi connectivity index (χ1v) is 4.85. The number of nitrogen functional groups attached to an aromatic ring is 1. The van der Waals surface area contributed by atoms with Gasteiger partial charge < -0.3 is 15.7 Å². The molecule has 0 bridgehead atoms. The van der Waals surface area contributed by atoms with E-state index in [9.17, 15) is 10.1 Å². The number of hydrogen-bond donors (Lipinski definition) is 2. The van der Waals surface area contributed by atoms with Crippen molar-refractivity contribution in [3.63, 3.8) is 0 Å². The van der Waals surface area contributed by atoms with Crippen molar-refractivity contribution in [3.05, 3.63) is 28.3 Å². The summed E-state index contributed by atoms with van der Waals surface area (Å²) in [7, 11) is 1.78. The summed E-state index contributed by atoms with van der Waals surface area (Å²) in [6, 6.07) is 4.20. The number of anilines is 2. The van der Waals surface area contributed by atoms with Gasteiger partial charge in [-0.25, -0.2) is 0 Å². The van der Waals surface area contributed by atoms with Gasteiger partial charge >= 0.3 is 0 Å². The van der Waals surface area contributed by atoms with Crippen LogP contribution >= 0.6 is 0 Å². The molecule has 0 amide bonds. The fraction of sp³-hybridized carbons (Fsp3) is 0.400. The molecule has 0 radical (unpaired) electrons. The van der Waals surface area contributed by atoms with Gasteiger partial charge in [0.05, 0.1) is 22.9 Å². The van der Waals surface area contributed by atoms with E-state index in [4.69, 9.17) is 10.8 Å². The fourth-order valence-corrected chi connectivity index (χ4v) is 1.34. The van der Waals surface area contributed by atoms with Crippen molar-refractivity contribution in [3.8, 4) is 0 Å². The number of nitro groups is 1. The molecule has 1 atom stereocenters. The summed E-state index contributed by atoms with van der Waals surface area (Å²) < 4.78 is 0. The van der Waals surface area contributed by atoms with E-state index in [1.54, 1.807) is 18.0 Å². The first-order valence-electron chi connectivity index (χ1n) is 4.85. The minimum absolute atomic E-state index is 0.00702. The maximum absolute atomic E-state index is 10.5. The van der Waals surface area contributed by atoms with Crippen LogP contribution in [-0.2, 0) is 0 Å². The summed E-state index contributed by atoms with van der Waals surface area (Å²) >= 11 is 0. The monoisotopic (exact) mass is 225 g/mol. The second kappa shape index (κ2) is 4.80. The smallest absolute Gasteiger partial charge is 0.271 e. The van der Waals surface area contributed by atoms with Crippen molar-refractivity contribution in [2.45, 2.75) is 13.0 Å². The zero-order valence-corrected chi connectivity index (χ0v) is 9.25. The van der Waals surface area contributed by atoms with Crippen LogP contribution in [0.3, 0.4) is 0 Å². The first-order chi connectivity index (χ1) is 7.47. The Morgan fingerprint density at radius 3 is 2.69 bits per heavy atom. The normalized spacial score (nSPS) is 12.2. The van der Waals surface area contributed by atoms with Crippen LogP contribution in [-0.4, -0.2) is 29.7 Å². The highest BCUT2D eigenvalue weighted by Crippen LogP contribution is 2.27. The molecule has 0 spiro atoms. The molecule has 0 saturated carbocycles. The van der Waals surface area contributed by atoms with Gasteiger partial charge in [-0.2, -0.15) is 0 Å². The number of hydrogen-bond acceptors (Lipinski definition) is 5. The molecule has 0 aliphatic heterocycles. The third-order valence-corrected chi connectivity index (χ3v) is 2.53. The van der Waals surface area contributed by atoms with E-state index in [1.165, 1.54) is 12.1 Å². The van der Waals surface area contributed by atoms with Gasteiger partial charge in [0.2, 0.25) is 0 Å². The van der Waals surface area contributed by atoms with E-state index < -0.39 is 4.92 Å². The van der Waals surface area contributed by atoms with Crippen LogP contribution in [0.4, 0.5) is 17.1 Å². The highest BCUT2D eigenvalue weighted by atomic mass is 16.6. The molecule has 1 rings (SSSR count). The number of aliphatic hydroxyl groups is 1. The van der Waals surface area contributed by atoms with Gasteiger partial charge in [-0.05, 0) is 13.0 Å². The zero-order valence-electron chi connectivity index (χ0n) is 9.25. The molecular formula is C10H15N3O3. The third kappa shape index (κ3) is 2.40. The van der Waals surface area contributed by atoms with Gasteiger partial charge in [-0.1, -0.05) is 0 Å². The highest BCUT2D eigenvalue weighted by Gasteiger charge is 2.14. The number of aliphatic hydroxyl groups excluding tert-OH is 1. The Balaban J connectivity index is 3.03. The first kappa shape index (κ1) is 12.3. The molecule has 1 unspecified atom stereocenters. The largest absolute Gasteiger partial charge is 0.397 e. The quantitative estimate of drug-likeness (QED) is 0.453. The van der Waals surface area contributed by atoms with E-state index in [0.717, 1.165) is 0 Å². The lowest BCUT2D eigenvalue weighted by atomic mass is 10.2. The Bertz CT molecular complexity index is 395. The van der Waals surface area contributed by atoms with Gasteiger partial charge in [0.1, 0.15) is 0 Å². The van der Waals surface area contributed by atoms with Gasteiger partial charge in [-0.15, -0.1) is 0 Å². The molecule has 1 aromatic carbocycles. The molecule has 0 aliphatic rings. The van der Waals surface area contributed by atoms with Gasteiger partial charge in [0.15, 0.2) is 0 Å². The molecule has 16 heavy (non-hydrogen) atoms. The molecule has 0 aliphatic carbocycles. The maximum atomic E-state index is 10.5. The molecular weight excluding hydrogens is 210 g/mol. The predicted octanol–water partition coefficient (Wildman–Crippen LogP) is 0.994. The Morgan fingerprint density at radius 1 is 1.62 bits per heavy atom. The molecule has 0 aromatic heterocycles. The average Bonchev–Trinajstić information content (AvgIpc) is 2.26. The van der Waals surface area contributed by atoms with E-state index in [1.807, 2.05) is 6.92 Å². The number of rotatable bonds is 4. The van der Waals surface area contributed by atoms with Crippen molar-refractivity contribution in [2.24, 2.45) is 0 Å². The molecule has 3 N–H and O–H groups in total. The molecule has 6 nitrogen and oxygen atoms in total. The van der Waals surface area contributed by atoms with E-state index >= 15 is 0 Å². The van der Waals surface area contributed by atoms with Gasteiger partial charge in [0.25, 0.3) is 5.69 Å². The standard InChI is InChI=1S/C10H15N3O3/c1-7(6-14)12(2)10-4-3-8(13(15)16)5-9(10)11/h3-5,7,14H,6,11H2,1-2H3. The second-order valence-corrected chi connectivity index (χ2v) is 3.64. The Labute approximate surface area is 93.4 Å². The summed E-state index contributed by atoms with van der Waals surface area (Å²) in [6.45, 7) is 1.83. The van der Waals surface area contributed by atoms with Crippen molar-refractivity contribution >= 4 is 17.1 Å². The van der Waals surface area contributed by atoms with E-state index in [0.29, 0.717) is 11.4 Å². The maximum Gasteiger partial charge on any atom is 0.271 e. The molecule has 0 saturated heterocycles. The average molecular weight is 225 g/mol. The van der Waals surface area contributed by atoms with Crippen molar-refractivity contribution in [2.75, 3.05) is 24.3 Å². The van der Waals surface area contributed by atoms with Crippen LogP contribution in [0.1, 0.15) is 6.92 Å². The summed E-state index contributed by atoms with van der Waals surface area (Å²) in [5.41, 5.74) is 6.69. The predicted molar refractivity (Wildman–Crippen MR) is 62.5 cm³/mol. The van der Waals surface area contributed by atoms with Crippen molar-refractivity contribution < 1.29 is 10.0 Å². The third-order valence-electron chi connectivity index (χ3n) is 2.53. The minimum atomic E-state index is -0.490. The number of likely N-dealkylation sites (N-methyl/N-ethyl adjacent to an activating group) is 1. The van der Waals surface area contributed by atoms with Crippen LogP contribution in [0.15, 0.2) is 18.2 Å². The molecule has 88 valence electrons. The summed E-state index contributed by atoms with van der Waals surface area (Å²) in [6.07, 6.45) is 0. The Kier molecular flexibility index (Phi) is 3.68. The molecule has 0 heterocycles. The molecule has 6 heteroatoms. The van der Waals surface area contributed by atoms with Crippen LogP contribution in [0.25, 0.3) is 0 Å². The van der Waals surface area contributed by atoms with Crippen LogP contribution in [0.5, 0.6) is 0 Å². The zero-order chi connectivity index (χ0) is 12.3. The number of nitro benzene ring substituents is 1. The van der Waals surface area contributed by atoms with Crippen LogP contribution in [0.2, 0.25) is 0 Å². The number of benzene rings is 1. The Morgan fingerprint density at radius 2 is 2.25 bits per heavy atom. The highest BCUT2D eigenvalue weighted by molar-refractivity contribution is 5.70. The lowest BCUT2D eigenvalue weighted by molar-refractivity contribution is -0.384. The number of non-ortho nitro benzene ring substituents is 1.